The normalized spacial score (nSPS) is 30.1. The molecule has 3 aliphatic rings. The fourth-order valence-corrected chi connectivity index (χ4v) is 4.31. The number of nitrogens with one attached hydrogen (secondary N) is 1. The Kier molecular flexibility index (Phi) is 3.71. The molecule has 0 unspecified atom stereocenters. The van der Waals surface area contributed by atoms with Crippen LogP contribution >= 0.6 is 0 Å². The summed E-state index contributed by atoms with van der Waals surface area (Å²) in [6, 6.07) is 9.87. The van der Waals surface area contributed by atoms with Gasteiger partial charge in [0, 0.05) is 6.54 Å². The van der Waals surface area contributed by atoms with Crippen LogP contribution in [-0.2, 0) is 20.8 Å². The van der Waals surface area contributed by atoms with Crippen molar-refractivity contribution in [1.29, 1.82) is 0 Å². The standard InChI is InChI=1S/C19H20N2O3/c22-15(20-9-8-12-4-2-1-3-5-12)11-21-18(23)16-13-6-7-14(10-13)17(16)19(21)24/h1-7,13-14,16-17H,8-11H2,(H,20,22)/t13-,14-,16-,17+/m0/s1. The van der Waals surface area contributed by atoms with Crippen LogP contribution in [0.15, 0.2) is 42.5 Å². The van der Waals surface area contributed by atoms with E-state index in [4.69, 9.17) is 0 Å². The average Bonchev–Trinajstić information content (AvgIpc) is 3.26. The van der Waals surface area contributed by atoms with Crippen LogP contribution in [0.3, 0.4) is 0 Å². The summed E-state index contributed by atoms with van der Waals surface area (Å²) in [5.41, 5.74) is 1.14. The van der Waals surface area contributed by atoms with E-state index >= 15 is 0 Å². The van der Waals surface area contributed by atoms with Crippen LogP contribution in [0.4, 0.5) is 0 Å². The van der Waals surface area contributed by atoms with Crippen LogP contribution in [0.1, 0.15) is 12.0 Å². The van der Waals surface area contributed by atoms with Crippen molar-refractivity contribution in [3.05, 3.63) is 48.0 Å². The molecule has 1 aliphatic heterocycles. The van der Waals surface area contributed by atoms with Crippen molar-refractivity contribution < 1.29 is 14.4 Å². The van der Waals surface area contributed by atoms with Gasteiger partial charge in [0.2, 0.25) is 17.7 Å². The molecule has 1 saturated heterocycles. The predicted octanol–water partition coefficient (Wildman–Crippen LogP) is 1.15. The largest absolute Gasteiger partial charge is 0.354 e. The molecule has 1 saturated carbocycles. The second-order valence-corrected chi connectivity index (χ2v) is 6.85. The number of hydrogen-bond donors (Lipinski definition) is 1. The molecule has 3 amide bonds. The molecule has 2 bridgehead atoms. The van der Waals surface area contributed by atoms with Crippen molar-refractivity contribution >= 4 is 17.7 Å². The Labute approximate surface area is 140 Å². The maximum atomic E-state index is 12.5. The Balaban J connectivity index is 1.32. The van der Waals surface area contributed by atoms with E-state index in [-0.39, 0.29) is 47.9 Å². The zero-order chi connectivity index (χ0) is 16.7. The monoisotopic (exact) mass is 324 g/mol. The molecule has 124 valence electrons. The minimum atomic E-state index is -0.270. The highest BCUT2D eigenvalue weighted by Crippen LogP contribution is 2.52. The highest BCUT2D eigenvalue weighted by atomic mass is 16.2. The molecule has 0 radical (unpaired) electrons. The quantitative estimate of drug-likeness (QED) is 0.653. The molecule has 2 aliphatic carbocycles. The SMILES string of the molecule is O=C(CN1C(=O)[C@@H]2[C@H](C1=O)[C@H]1C=C[C@H]2C1)NCCc1ccccc1. The Morgan fingerprint density at radius 1 is 1.04 bits per heavy atom. The molecule has 4 rings (SSSR count). The number of rotatable bonds is 5. The lowest BCUT2D eigenvalue weighted by molar-refractivity contribution is -0.144. The van der Waals surface area contributed by atoms with E-state index in [2.05, 4.69) is 17.5 Å². The van der Waals surface area contributed by atoms with E-state index in [9.17, 15) is 14.4 Å². The number of hydrogen-bond acceptors (Lipinski definition) is 3. The minimum absolute atomic E-state index is 0.154. The van der Waals surface area contributed by atoms with Gasteiger partial charge in [0.1, 0.15) is 6.54 Å². The van der Waals surface area contributed by atoms with Gasteiger partial charge in [0.25, 0.3) is 0 Å². The first-order chi connectivity index (χ1) is 11.6. The fourth-order valence-electron chi connectivity index (χ4n) is 4.31. The smallest absolute Gasteiger partial charge is 0.240 e. The lowest BCUT2D eigenvalue weighted by atomic mass is 9.85. The lowest BCUT2D eigenvalue weighted by Crippen LogP contribution is -2.42. The summed E-state index contributed by atoms with van der Waals surface area (Å²) in [6.07, 6.45) is 5.75. The van der Waals surface area contributed by atoms with Crippen molar-refractivity contribution in [3.63, 3.8) is 0 Å². The molecular weight excluding hydrogens is 304 g/mol. The molecule has 1 aromatic carbocycles. The van der Waals surface area contributed by atoms with Gasteiger partial charge in [-0.15, -0.1) is 0 Å². The van der Waals surface area contributed by atoms with E-state index in [1.165, 1.54) is 4.90 Å². The van der Waals surface area contributed by atoms with Gasteiger partial charge in [-0.05, 0) is 30.2 Å². The van der Waals surface area contributed by atoms with Crippen molar-refractivity contribution in [1.82, 2.24) is 10.2 Å². The second-order valence-electron chi connectivity index (χ2n) is 6.85. The third-order valence-electron chi connectivity index (χ3n) is 5.44. The van der Waals surface area contributed by atoms with Gasteiger partial charge < -0.3 is 5.32 Å². The Hall–Kier alpha value is -2.43. The zero-order valence-corrected chi connectivity index (χ0v) is 13.4. The number of nitrogens with zero attached hydrogens (tertiary/aromatic N) is 1. The summed E-state index contributed by atoms with van der Waals surface area (Å²) >= 11 is 0. The van der Waals surface area contributed by atoms with E-state index in [1.54, 1.807) is 0 Å². The molecule has 5 heteroatoms. The maximum Gasteiger partial charge on any atom is 0.240 e. The Morgan fingerprint density at radius 2 is 1.67 bits per heavy atom. The molecule has 24 heavy (non-hydrogen) atoms. The van der Waals surface area contributed by atoms with Crippen molar-refractivity contribution in [2.45, 2.75) is 12.8 Å². The second kappa shape index (κ2) is 5.89. The van der Waals surface area contributed by atoms with Crippen LogP contribution < -0.4 is 5.32 Å². The number of carbonyl (C=O) groups excluding carboxylic acids is 3. The van der Waals surface area contributed by atoms with Crippen LogP contribution in [0.25, 0.3) is 0 Å². The van der Waals surface area contributed by atoms with Gasteiger partial charge in [0.05, 0.1) is 11.8 Å². The summed E-state index contributed by atoms with van der Waals surface area (Å²) in [5, 5.41) is 2.80. The van der Waals surface area contributed by atoms with Crippen molar-refractivity contribution in [2.24, 2.45) is 23.7 Å². The molecule has 2 fully saturated rings. The maximum absolute atomic E-state index is 12.5. The molecule has 1 N–H and O–H groups in total. The molecule has 0 spiro atoms. The van der Waals surface area contributed by atoms with Gasteiger partial charge in [-0.25, -0.2) is 0 Å². The number of benzene rings is 1. The van der Waals surface area contributed by atoms with E-state index in [0.717, 1.165) is 18.4 Å². The van der Waals surface area contributed by atoms with E-state index in [1.807, 2.05) is 30.3 Å². The number of allylic oxidation sites excluding steroid dienone is 2. The number of fused-ring (bicyclic) bond motifs is 5. The summed E-state index contributed by atoms with van der Waals surface area (Å²) in [4.78, 5) is 38.3. The Morgan fingerprint density at radius 3 is 2.29 bits per heavy atom. The van der Waals surface area contributed by atoms with Gasteiger partial charge in [-0.1, -0.05) is 42.5 Å². The summed E-state index contributed by atoms with van der Waals surface area (Å²) in [6.45, 7) is 0.345. The highest BCUT2D eigenvalue weighted by molar-refractivity contribution is 6.08. The topological polar surface area (TPSA) is 66.5 Å². The van der Waals surface area contributed by atoms with Crippen LogP contribution in [0, 0.1) is 23.7 Å². The van der Waals surface area contributed by atoms with Crippen LogP contribution in [0.5, 0.6) is 0 Å². The molecule has 0 aromatic heterocycles. The molecule has 5 nitrogen and oxygen atoms in total. The van der Waals surface area contributed by atoms with E-state index in [0.29, 0.717) is 6.54 Å². The minimum Gasteiger partial charge on any atom is -0.354 e. The summed E-state index contributed by atoms with van der Waals surface area (Å²) in [5.74, 6) is -0.701. The number of imide groups is 1. The van der Waals surface area contributed by atoms with Crippen LogP contribution in [0.2, 0.25) is 0 Å². The average molecular weight is 324 g/mol. The summed E-state index contributed by atoms with van der Waals surface area (Å²) < 4.78 is 0. The van der Waals surface area contributed by atoms with Gasteiger partial charge >= 0.3 is 0 Å². The van der Waals surface area contributed by atoms with Gasteiger partial charge in [0.15, 0.2) is 0 Å². The summed E-state index contributed by atoms with van der Waals surface area (Å²) in [7, 11) is 0. The zero-order valence-electron chi connectivity index (χ0n) is 13.4. The van der Waals surface area contributed by atoms with E-state index < -0.39 is 0 Å². The molecule has 1 aromatic rings. The van der Waals surface area contributed by atoms with Crippen LogP contribution in [-0.4, -0.2) is 35.7 Å². The first kappa shape index (κ1) is 15.1. The predicted molar refractivity (Wildman–Crippen MR) is 87.6 cm³/mol. The molecular formula is C19H20N2O3. The first-order valence-corrected chi connectivity index (χ1v) is 8.49. The molecule has 1 heterocycles. The molecule has 4 atom stereocenters. The number of carbonyl (C=O) groups is 3. The fraction of sp³-hybridized carbons (Fsp3) is 0.421. The number of amides is 3. The third kappa shape index (κ3) is 2.44. The highest BCUT2D eigenvalue weighted by Gasteiger charge is 2.59. The van der Waals surface area contributed by atoms with Gasteiger partial charge in [-0.2, -0.15) is 0 Å². The first-order valence-electron chi connectivity index (χ1n) is 8.49. The van der Waals surface area contributed by atoms with Gasteiger partial charge in [-0.3, -0.25) is 19.3 Å². The number of likely N-dealkylation sites (tertiary alicyclic amines) is 1. The van der Waals surface area contributed by atoms with Crippen molar-refractivity contribution in [2.75, 3.05) is 13.1 Å². The Bertz CT molecular complexity index is 683. The third-order valence-corrected chi connectivity index (χ3v) is 5.44. The van der Waals surface area contributed by atoms with Crippen molar-refractivity contribution in [3.8, 4) is 0 Å². The lowest BCUT2D eigenvalue weighted by Gasteiger charge is -2.16.